The molecule has 0 aromatic heterocycles. The topological polar surface area (TPSA) is 13.7 Å². The smallest absolute Gasteiger partial charge is 0.416 e. The second kappa shape index (κ2) is 7.39. The average Bonchev–Trinajstić information content (AvgIpc) is 2.67. The lowest BCUT2D eigenvalue weighted by molar-refractivity contribution is -0.896. The van der Waals surface area contributed by atoms with Crippen molar-refractivity contribution in [3.8, 4) is 5.75 Å². The van der Waals surface area contributed by atoms with E-state index in [1.807, 2.05) is 0 Å². The van der Waals surface area contributed by atoms with Gasteiger partial charge in [-0.2, -0.15) is 13.2 Å². The van der Waals surface area contributed by atoms with Crippen LogP contribution in [0.4, 0.5) is 13.2 Å². The minimum absolute atomic E-state index is 0.285. The molecule has 5 heteroatoms. The molecule has 1 unspecified atom stereocenters. The molecular weight excluding hydrogens is 351 g/mol. The zero-order chi connectivity index (χ0) is 18.9. The molecule has 0 radical (unpaired) electrons. The number of hydrogen-bond acceptors (Lipinski definition) is 1. The number of benzene rings is 2. The molecule has 27 heavy (non-hydrogen) atoms. The number of fused-ring (bicyclic) bond motifs is 2. The predicted molar refractivity (Wildman–Crippen MR) is 98.8 cm³/mol. The van der Waals surface area contributed by atoms with Gasteiger partial charge >= 0.3 is 6.18 Å². The maximum absolute atomic E-state index is 12.8. The molecule has 0 saturated heterocycles. The molecule has 2 aromatic carbocycles. The second-order valence-corrected chi connectivity index (χ2v) is 7.29. The van der Waals surface area contributed by atoms with E-state index in [-0.39, 0.29) is 5.75 Å². The number of rotatable bonds is 4. The Labute approximate surface area is 157 Å². The third-order valence-corrected chi connectivity index (χ3v) is 5.54. The Hall–Kier alpha value is -2.27. The normalized spacial score (nSPS) is 19.4. The maximum Gasteiger partial charge on any atom is 0.416 e. The average molecular weight is 374 g/mol. The van der Waals surface area contributed by atoms with E-state index in [0.29, 0.717) is 6.61 Å². The maximum atomic E-state index is 12.8. The van der Waals surface area contributed by atoms with E-state index in [0.717, 1.165) is 51.0 Å². The number of alkyl halides is 3. The van der Waals surface area contributed by atoms with Gasteiger partial charge in [-0.05, 0) is 53.3 Å². The van der Waals surface area contributed by atoms with Gasteiger partial charge in [-0.15, -0.1) is 0 Å². The van der Waals surface area contributed by atoms with Crippen LogP contribution in [-0.4, -0.2) is 26.2 Å². The first-order valence-electron chi connectivity index (χ1n) is 9.43. The molecule has 2 aromatic rings. The van der Waals surface area contributed by atoms with Gasteiger partial charge in [-0.25, -0.2) is 0 Å². The number of nitrogens with one attached hydrogen (secondary N) is 1. The molecule has 142 valence electrons. The van der Waals surface area contributed by atoms with Gasteiger partial charge in [-0.1, -0.05) is 30.3 Å². The van der Waals surface area contributed by atoms with Crippen molar-refractivity contribution in [1.82, 2.24) is 0 Å². The summed E-state index contributed by atoms with van der Waals surface area (Å²) in [4.78, 5) is 1.44. The van der Waals surface area contributed by atoms with Crippen molar-refractivity contribution in [2.24, 2.45) is 0 Å². The fraction of sp³-hybridized carbons (Fsp3) is 0.364. The second-order valence-electron chi connectivity index (χ2n) is 7.29. The van der Waals surface area contributed by atoms with Crippen LogP contribution in [0.1, 0.15) is 29.5 Å². The van der Waals surface area contributed by atoms with E-state index in [2.05, 4.69) is 24.3 Å². The van der Waals surface area contributed by atoms with Crippen LogP contribution in [-0.2, 0) is 12.6 Å². The molecule has 1 aliphatic heterocycles. The summed E-state index contributed by atoms with van der Waals surface area (Å²) >= 11 is 0. The summed E-state index contributed by atoms with van der Waals surface area (Å²) in [6.07, 6.45) is -1.06. The summed E-state index contributed by atoms with van der Waals surface area (Å²) in [6, 6.07) is 13.8. The highest BCUT2D eigenvalue weighted by atomic mass is 19.4. The van der Waals surface area contributed by atoms with Gasteiger partial charge in [0.15, 0.2) is 0 Å². The molecule has 1 atom stereocenters. The minimum atomic E-state index is -4.34. The van der Waals surface area contributed by atoms with Gasteiger partial charge in [0.2, 0.25) is 0 Å². The zero-order valence-corrected chi connectivity index (χ0v) is 15.1. The van der Waals surface area contributed by atoms with Gasteiger partial charge in [0, 0.05) is 6.42 Å². The zero-order valence-electron chi connectivity index (χ0n) is 15.1. The van der Waals surface area contributed by atoms with Crippen molar-refractivity contribution in [1.29, 1.82) is 0 Å². The molecule has 1 N–H and O–H groups in total. The van der Waals surface area contributed by atoms with Crippen LogP contribution in [0.25, 0.3) is 5.57 Å². The number of hydrogen-bond donors (Lipinski definition) is 1. The standard InChI is InChI=1S/C22H22F3NO/c23-22(24,25)18-5-3-6-19(14-18)27-13-12-26-11-10-21-17(15-26)9-8-16-4-1-2-7-20(16)21/h1-7,14H,8-13,15H2/p+1. The fourth-order valence-corrected chi connectivity index (χ4v) is 4.15. The summed E-state index contributed by atoms with van der Waals surface area (Å²) < 4.78 is 43.9. The Bertz CT molecular complexity index is 857. The molecule has 0 amide bonds. The summed E-state index contributed by atoms with van der Waals surface area (Å²) in [6.45, 7) is 3.28. The number of quaternary nitrogens is 1. The SMILES string of the molecule is FC(F)(F)c1cccc(OCC[NH+]2CCC3=C(CCc4ccccc43)C2)c1. The highest BCUT2D eigenvalue weighted by Crippen LogP contribution is 2.34. The Morgan fingerprint density at radius 1 is 0.963 bits per heavy atom. The van der Waals surface area contributed by atoms with Gasteiger partial charge in [0.05, 0.1) is 18.7 Å². The Kier molecular flexibility index (Phi) is 4.96. The predicted octanol–water partition coefficient (Wildman–Crippen LogP) is 3.77. The van der Waals surface area contributed by atoms with Crippen molar-refractivity contribution < 1.29 is 22.8 Å². The molecular formula is C22H23F3NO+. The molecule has 1 aliphatic carbocycles. The summed E-state index contributed by atoms with van der Waals surface area (Å²) in [7, 11) is 0. The van der Waals surface area contributed by atoms with Crippen molar-refractivity contribution >= 4 is 5.57 Å². The fourth-order valence-electron chi connectivity index (χ4n) is 4.15. The van der Waals surface area contributed by atoms with E-state index in [1.54, 1.807) is 6.07 Å². The Morgan fingerprint density at radius 3 is 2.67 bits per heavy atom. The minimum Gasteiger partial charge on any atom is -0.488 e. The highest BCUT2D eigenvalue weighted by Gasteiger charge is 2.31. The molecule has 2 aliphatic rings. The van der Waals surface area contributed by atoms with Gasteiger partial charge in [0.25, 0.3) is 0 Å². The van der Waals surface area contributed by atoms with E-state index >= 15 is 0 Å². The van der Waals surface area contributed by atoms with E-state index in [1.165, 1.54) is 33.2 Å². The Morgan fingerprint density at radius 2 is 1.81 bits per heavy atom. The largest absolute Gasteiger partial charge is 0.488 e. The lowest BCUT2D eigenvalue weighted by atomic mass is 9.82. The van der Waals surface area contributed by atoms with Crippen LogP contribution in [0.15, 0.2) is 54.1 Å². The first-order chi connectivity index (χ1) is 13.0. The van der Waals surface area contributed by atoms with Gasteiger partial charge in [0.1, 0.15) is 18.9 Å². The van der Waals surface area contributed by atoms with Crippen LogP contribution >= 0.6 is 0 Å². The Balaban J connectivity index is 1.35. The lowest BCUT2D eigenvalue weighted by Gasteiger charge is -2.32. The highest BCUT2D eigenvalue weighted by molar-refractivity contribution is 5.73. The van der Waals surface area contributed by atoms with Crippen LogP contribution in [0.2, 0.25) is 0 Å². The summed E-state index contributed by atoms with van der Waals surface area (Å²) in [5, 5.41) is 0. The van der Waals surface area contributed by atoms with Gasteiger partial charge in [-0.3, -0.25) is 0 Å². The molecule has 2 nitrogen and oxygen atoms in total. The van der Waals surface area contributed by atoms with Crippen molar-refractivity contribution in [2.75, 3.05) is 26.2 Å². The third kappa shape index (κ3) is 4.03. The molecule has 4 rings (SSSR count). The van der Waals surface area contributed by atoms with Crippen LogP contribution in [0, 0.1) is 0 Å². The summed E-state index contributed by atoms with van der Waals surface area (Å²) in [5.74, 6) is 0.285. The van der Waals surface area contributed by atoms with Crippen molar-refractivity contribution in [3.63, 3.8) is 0 Å². The first-order valence-corrected chi connectivity index (χ1v) is 9.43. The van der Waals surface area contributed by atoms with Crippen LogP contribution < -0.4 is 9.64 Å². The van der Waals surface area contributed by atoms with Crippen LogP contribution in [0.5, 0.6) is 5.75 Å². The molecule has 0 fully saturated rings. The molecule has 0 bridgehead atoms. The van der Waals surface area contributed by atoms with E-state index in [4.69, 9.17) is 4.74 Å². The van der Waals surface area contributed by atoms with E-state index < -0.39 is 11.7 Å². The van der Waals surface area contributed by atoms with Crippen molar-refractivity contribution in [2.45, 2.75) is 25.4 Å². The number of ether oxygens (including phenoxy) is 1. The molecule has 0 spiro atoms. The third-order valence-electron chi connectivity index (χ3n) is 5.54. The molecule has 1 heterocycles. The lowest BCUT2D eigenvalue weighted by Crippen LogP contribution is -3.13. The van der Waals surface area contributed by atoms with Crippen LogP contribution in [0.3, 0.4) is 0 Å². The first kappa shape index (κ1) is 18.1. The summed E-state index contributed by atoms with van der Waals surface area (Å²) in [5.41, 5.74) is 5.25. The number of aryl methyl sites for hydroxylation is 1. The quantitative estimate of drug-likeness (QED) is 0.860. The van der Waals surface area contributed by atoms with E-state index in [9.17, 15) is 13.2 Å². The molecule has 0 saturated carbocycles. The monoisotopic (exact) mass is 374 g/mol. The van der Waals surface area contributed by atoms with Crippen molar-refractivity contribution in [3.05, 3.63) is 70.8 Å². The van der Waals surface area contributed by atoms with Gasteiger partial charge < -0.3 is 9.64 Å². The number of halogens is 3.